The standard InChI is InChI=1S/C18H30N4O2S/c1-5-19-18(20-11-7-8-14-9-10-14)22-13(4)16-21-12(3)15(25-16)17(23)24-6-2/h13-14H,5-11H2,1-4H3,(H2,19,20,22). The van der Waals surface area contributed by atoms with Gasteiger partial charge in [-0.05, 0) is 46.5 Å². The molecule has 0 amide bonds. The normalized spacial score (nSPS) is 15.8. The Labute approximate surface area is 154 Å². The highest BCUT2D eigenvalue weighted by molar-refractivity contribution is 7.13. The molecule has 1 heterocycles. The summed E-state index contributed by atoms with van der Waals surface area (Å²) in [6.07, 6.45) is 5.21. The van der Waals surface area contributed by atoms with Crippen LogP contribution in [0.4, 0.5) is 0 Å². The minimum absolute atomic E-state index is 0.0203. The van der Waals surface area contributed by atoms with Crippen LogP contribution in [0.15, 0.2) is 4.99 Å². The Balaban J connectivity index is 1.94. The van der Waals surface area contributed by atoms with Gasteiger partial charge < -0.3 is 15.4 Å². The Morgan fingerprint density at radius 3 is 2.84 bits per heavy atom. The van der Waals surface area contributed by atoms with Crippen molar-refractivity contribution in [3.05, 3.63) is 15.6 Å². The molecule has 1 atom stereocenters. The fourth-order valence-electron chi connectivity index (χ4n) is 2.55. The summed E-state index contributed by atoms with van der Waals surface area (Å²) >= 11 is 1.39. The predicted octanol–water partition coefficient (Wildman–Crippen LogP) is 3.43. The zero-order chi connectivity index (χ0) is 18.2. The van der Waals surface area contributed by atoms with Gasteiger partial charge in [-0.25, -0.2) is 9.78 Å². The van der Waals surface area contributed by atoms with Crippen LogP contribution in [-0.2, 0) is 4.74 Å². The van der Waals surface area contributed by atoms with Gasteiger partial charge in [0.25, 0.3) is 0 Å². The molecule has 25 heavy (non-hydrogen) atoms. The third-order valence-corrected chi connectivity index (χ3v) is 5.40. The fourth-order valence-corrected chi connectivity index (χ4v) is 3.52. The number of nitrogens with one attached hydrogen (secondary N) is 2. The summed E-state index contributed by atoms with van der Waals surface area (Å²) in [5.74, 6) is 1.46. The molecule has 0 bridgehead atoms. The molecule has 1 saturated carbocycles. The van der Waals surface area contributed by atoms with E-state index in [0.717, 1.165) is 42.1 Å². The Hall–Kier alpha value is -1.63. The van der Waals surface area contributed by atoms with Crippen molar-refractivity contribution in [2.45, 2.75) is 59.4 Å². The van der Waals surface area contributed by atoms with Crippen LogP contribution in [0.5, 0.6) is 0 Å². The molecule has 1 fully saturated rings. The van der Waals surface area contributed by atoms with E-state index in [9.17, 15) is 4.79 Å². The van der Waals surface area contributed by atoms with E-state index in [4.69, 9.17) is 4.74 Å². The first kappa shape index (κ1) is 19.7. The summed E-state index contributed by atoms with van der Waals surface area (Å²) in [6, 6.07) is -0.0203. The van der Waals surface area contributed by atoms with E-state index in [2.05, 4.69) is 27.5 Å². The van der Waals surface area contributed by atoms with Crippen molar-refractivity contribution in [1.82, 2.24) is 15.6 Å². The van der Waals surface area contributed by atoms with Crippen LogP contribution < -0.4 is 10.6 Å². The minimum Gasteiger partial charge on any atom is -0.462 e. The summed E-state index contributed by atoms with van der Waals surface area (Å²) in [5, 5.41) is 7.52. The maximum Gasteiger partial charge on any atom is 0.350 e. The highest BCUT2D eigenvalue weighted by Gasteiger charge is 2.21. The van der Waals surface area contributed by atoms with Crippen LogP contribution in [0, 0.1) is 12.8 Å². The average Bonchev–Trinajstić information content (AvgIpc) is 3.31. The van der Waals surface area contributed by atoms with E-state index >= 15 is 0 Å². The number of aryl methyl sites for hydroxylation is 1. The number of carbonyl (C=O) groups is 1. The molecule has 1 aliphatic carbocycles. The fraction of sp³-hybridized carbons (Fsp3) is 0.722. The summed E-state index contributed by atoms with van der Waals surface area (Å²) in [6.45, 7) is 9.76. The number of rotatable bonds is 9. The highest BCUT2D eigenvalue weighted by Crippen LogP contribution is 2.33. The third kappa shape index (κ3) is 6.30. The van der Waals surface area contributed by atoms with Crippen LogP contribution in [0.2, 0.25) is 0 Å². The van der Waals surface area contributed by atoms with E-state index < -0.39 is 0 Å². The van der Waals surface area contributed by atoms with Gasteiger partial charge in [-0.2, -0.15) is 0 Å². The van der Waals surface area contributed by atoms with E-state index in [0.29, 0.717) is 11.5 Å². The number of hydrogen-bond donors (Lipinski definition) is 2. The van der Waals surface area contributed by atoms with Crippen molar-refractivity contribution in [3.8, 4) is 0 Å². The zero-order valence-electron chi connectivity index (χ0n) is 15.7. The third-order valence-electron chi connectivity index (χ3n) is 4.08. The number of carbonyl (C=O) groups excluding carboxylic acids is 1. The topological polar surface area (TPSA) is 75.6 Å². The number of hydrogen-bond acceptors (Lipinski definition) is 5. The largest absolute Gasteiger partial charge is 0.462 e. The first-order chi connectivity index (χ1) is 12.0. The quantitative estimate of drug-likeness (QED) is 0.303. The van der Waals surface area contributed by atoms with Crippen molar-refractivity contribution >= 4 is 23.3 Å². The maximum absolute atomic E-state index is 12.0. The van der Waals surface area contributed by atoms with E-state index in [-0.39, 0.29) is 12.0 Å². The number of nitrogens with zero attached hydrogens (tertiary/aromatic N) is 2. The number of thiazole rings is 1. The molecule has 140 valence electrons. The predicted molar refractivity (Wildman–Crippen MR) is 102 cm³/mol. The van der Waals surface area contributed by atoms with Gasteiger partial charge in [0.15, 0.2) is 5.96 Å². The monoisotopic (exact) mass is 366 g/mol. The second-order valence-corrected chi connectivity index (χ2v) is 7.43. The van der Waals surface area contributed by atoms with Gasteiger partial charge in [0.1, 0.15) is 9.88 Å². The summed E-state index contributed by atoms with van der Waals surface area (Å²) < 4.78 is 5.09. The van der Waals surface area contributed by atoms with Gasteiger partial charge in [-0.1, -0.05) is 12.8 Å². The SMILES string of the molecule is CCNC(=NCCCC1CC1)NC(C)c1nc(C)c(C(=O)OCC)s1. The molecule has 0 saturated heterocycles. The number of ether oxygens (including phenoxy) is 1. The molecule has 1 unspecified atom stereocenters. The van der Waals surface area contributed by atoms with Gasteiger partial charge in [0.2, 0.25) is 0 Å². The molecule has 1 aromatic heterocycles. The lowest BCUT2D eigenvalue weighted by molar-refractivity contribution is 0.0531. The molecule has 1 aromatic rings. The Morgan fingerprint density at radius 2 is 2.20 bits per heavy atom. The van der Waals surface area contributed by atoms with Crippen molar-refractivity contribution in [2.24, 2.45) is 10.9 Å². The summed E-state index contributed by atoms with van der Waals surface area (Å²) in [5.41, 5.74) is 0.721. The van der Waals surface area contributed by atoms with E-state index in [1.165, 1.54) is 30.6 Å². The molecule has 2 N–H and O–H groups in total. The molecule has 0 aromatic carbocycles. The highest BCUT2D eigenvalue weighted by atomic mass is 32.1. The van der Waals surface area contributed by atoms with Crippen LogP contribution in [0.25, 0.3) is 0 Å². The lowest BCUT2D eigenvalue weighted by Crippen LogP contribution is -2.38. The lowest BCUT2D eigenvalue weighted by Gasteiger charge is -2.16. The van der Waals surface area contributed by atoms with Crippen molar-refractivity contribution in [2.75, 3.05) is 19.7 Å². The van der Waals surface area contributed by atoms with Crippen LogP contribution in [0.3, 0.4) is 0 Å². The van der Waals surface area contributed by atoms with E-state index in [1.807, 2.05) is 20.8 Å². The zero-order valence-corrected chi connectivity index (χ0v) is 16.5. The van der Waals surface area contributed by atoms with Gasteiger partial charge in [-0.3, -0.25) is 4.99 Å². The van der Waals surface area contributed by atoms with Crippen molar-refractivity contribution in [1.29, 1.82) is 0 Å². The Morgan fingerprint density at radius 1 is 1.44 bits per heavy atom. The average molecular weight is 367 g/mol. The summed E-state index contributed by atoms with van der Waals surface area (Å²) in [4.78, 5) is 21.7. The Bertz CT molecular complexity index is 596. The summed E-state index contributed by atoms with van der Waals surface area (Å²) in [7, 11) is 0. The molecule has 2 rings (SSSR count). The first-order valence-corrected chi connectivity index (χ1v) is 10.1. The number of guanidine groups is 1. The minimum atomic E-state index is -0.295. The van der Waals surface area contributed by atoms with Crippen molar-refractivity contribution in [3.63, 3.8) is 0 Å². The number of esters is 1. The van der Waals surface area contributed by atoms with Crippen LogP contribution >= 0.6 is 11.3 Å². The van der Waals surface area contributed by atoms with Gasteiger partial charge in [0.05, 0.1) is 18.3 Å². The van der Waals surface area contributed by atoms with Gasteiger partial charge in [0, 0.05) is 13.1 Å². The molecule has 7 heteroatoms. The van der Waals surface area contributed by atoms with Gasteiger partial charge in [-0.15, -0.1) is 11.3 Å². The van der Waals surface area contributed by atoms with Crippen molar-refractivity contribution < 1.29 is 9.53 Å². The Kier molecular flexibility index (Phi) is 7.68. The van der Waals surface area contributed by atoms with Crippen LogP contribution in [0.1, 0.15) is 72.9 Å². The maximum atomic E-state index is 12.0. The molecule has 0 spiro atoms. The molecule has 6 nitrogen and oxygen atoms in total. The second kappa shape index (κ2) is 9.75. The smallest absolute Gasteiger partial charge is 0.350 e. The molecule has 0 aliphatic heterocycles. The lowest BCUT2D eigenvalue weighted by atomic mass is 10.2. The van der Waals surface area contributed by atoms with E-state index in [1.54, 1.807) is 0 Å². The molecule has 1 aliphatic rings. The van der Waals surface area contributed by atoms with Gasteiger partial charge >= 0.3 is 5.97 Å². The first-order valence-electron chi connectivity index (χ1n) is 9.24. The van der Waals surface area contributed by atoms with Crippen LogP contribution in [-0.4, -0.2) is 36.6 Å². The molecule has 0 radical (unpaired) electrons. The number of aromatic nitrogens is 1. The molecular formula is C18H30N4O2S. The molecular weight excluding hydrogens is 336 g/mol. The number of aliphatic imine (C=N–C) groups is 1. The second-order valence-electron chi connectivity index (χ2n) is 6.40.